The highest BCUT2D eigenvalue weighted by atomic mass is 16.5. The molecule has 114 valence electrons. The molecule has 1 heterocycles. The Morgan fingerprint density at radius 3 is 2.41 bits per heavy atom. The molecule has 0 bridgehead atoms. The van der Waals surface area contributed by atoms with Crippen molar-refractivity contribution in [2.75, 3.05) is 21.3 Å². The van der Waals surface area contributed by atoms with Gasteiger partial charge in [0, 0.05) is 6.07 Å². The number of hydrogen-bond donors (Lipinski definition) is 1. The first-order valence-corrected chi connectivity index (χ1v) is 6.49. The fourth-order valence-corrected chi connectivity index (χ4v) is 2.41. The summed E-state index contributed by atoms with van der Waals surface area (Å²) in [6.45, 7) is 0. The average molecular weight is 302 g/mol. The molecule has 1 N–H and O–H groups in total. The maximum absolute atomic E-state index is 12.7. The van der Waals surface area contributed by atoms with Crippen LogP contribution >= 0.6 is 0 Å². The molecule has 2 aromatic carbocycles. The molecule has 3 rings (SSSR count). The van der Waals surface area contributed by atoms with Gasteiger partial charge in [0.2, 0.25) is 11.2 Å². The number of ether oxygens (including phenoxy) is 3. The second-order valence-electron chi connectivity index (χ2n) is 4.63. The van der Waals surface area contributed by atoms with Crippen molar-refractivity contribution >= 4 is 21.9 Å². The van der Waals surface area contributed by atoms with Gasteiger partial charge in [0.25, 0.3) is 0 Å². The molecule has 6 heteroatoms. The minimum atomic E-state index is -0.367. The molecule has 0 fully saturated rings. The van der Waals surface area contributed by atoms with Gasteiger partial charge < -0.3 is 23.7 Å². The predicted octanol–water partition coefficient (Wildman–Crippen LogP) is 2.68. The topological polar surface area (TPSA) is 78.1 Å². The summed E-state index contributed by atoms with van der Waals surface area (Å²) in [5.74, 6) is 0.586. The molecule has 22 heavy (non-hydrogen) atoms. The third-order valence-electron chi connectivity index (χ3n) is 3.49. The lowest BCUT2D eigenvalue weighted by molar-refractivity contribution is 0.334. The Morgan fingerprint density at radius 1 is 1.00 bits per heavy atom. The summed E-state index contributed by atoms with van der Waals surface area (Å²) >= 11 is 0. The Labute approximate surface area is 125 Å². The van der Waals surface area contributed by atoms with E-state index in [1.165, 1.54) is 27.4 Å². The van der Waals surface area contributed by atoms with Crippen LogP contribution in [0.15, 0.2) is 33.5 Å². The summed E-state index contributed by atoms with van der Waals surface area (Å²) in [4.78, 5) is 12.7. The lowest BCUT2D eigenvalue weighted by atomic mass is 10.1. The number of methoxy groups -OCH3 is 3. The van der Waals surface area contributed by atoms with E-state index in [4.69, 9.17) is 18.6 Å². The zero-order chi connectivity index (χ0) is 15.9. The highest BCUT2D eigenvalue weighted by Gasteiger charge is 2.20. The minimum Gasteiger partial charge on any atom is -0.504 e. The van der Waals surface area contributed by atoms with E-state index < -0.39 is 0 Å². The van der Waals surface area contributed by atoms with E-state index in [-0.39, 0.29) is 33.6 Å². The Kier molecular flexibility index (Phi) is 3.29. The van der Waals surface area contributed by atoms with Crippen molar-refractivity contribution in [3.8, 4) is 23.0 Å². The molecular formula is C16H14O6. The van der Waals surface area contributed by atoms with Crippen LogP contribution in [0.1, 0.15) is 0 Å². The van der Waals surface area contributed by atoms with Gasteiger partial charge in [0.15, 0.2) is 11.5 Å². The van der Waals surface area contributed by atoms with Gasteiger partial charge in [0.1, 0.15) is 22.3 Å². The molecule has 0 aliphatic carbocycles. The summed E-state index contributed by atoms with van der Waals surface area (Å²) in [7, 11) is 4.33. The average Bonchev–Trinajstić information content (AvgIpc) is 2.54. The van der Waals surface area contributed by atoms with E-state index in [0.717, 1.165) is 0 Å². The van der Waals surface area contributed by atoms with Gasteiger partial charge in [-0.2, -0.15) is 0 Å². The van der Waals surface area contributed by atoms with Gasteiger partial charge in [-0.1, -0.05) is 0 Å². The van der Waals surface area contributed by atoms with Crippen molar-refractivity contribution in [2.24, 2.45) is 0 Å². The maximum atomic E-state index is 12.7. The first-order chi connectivity index (χ1) is 10.6. The van der Waals surface area contributed by atoms with Crippen molar-refractivity contribution in [2.45, 2.75) is 0 Å². The van der Waals surface area contributed by atoms with Crippen LogP contribution in [0.25, 0.3) is 21.9 Å². The van der Waals surface area contributed by atoms with Crippen LogP contribution in [0.2, 0.25) is 0 Å². The highest BCUT2D eigenvalue weighted by molar-refractivity contribution is 5.96. The molecule has 0 amide bonds. The van der Waals surface area contributed by atoms with Crippen LogP contribution in [0.4, 0.5) is 0 Å². The van der Waals surface area contributed by atoms with Crippen molar-refractivity contribution in [3.05, 3.63) is 34.5 Å². The van der Waals surface area contributed by atoms with Crippen LogP contribution in [0.5, 0.6) is 23.0 Å². The highest BCUT2D eigenvalue weighted by Crippen LogP contribution is 2.42. The molecule has 0 atom stereocenters. The fraction of sp³-hybridized carbons (Fsp3) is 0.188. The monoisotopic (exact) mass is 302 g/mol. The normalized spacial score (nSPS) is 10.9. The number of rotatable bonds is 3. The van der Waals surface area contributed by atoms with E-state index in [2.05, 4.69) is 0 Å². The number of phenolic OH excluding ortho intramolecular Hbond substituents is 1. The van der Waals surface area contributed by atoms with Crippen LogP contribution in [-0.2, 0) is 0 Å². The van der Waals surface area contributed by atoms with Gasteiger partial charge in [-0.25, -0.2) is 0 Å². The number of aromatic hydroxyl groups is 1. The van der Waals surface area contributed by atoms with Crippen molar-refractivity contribution in [1.29, 1.82) is 0 Å². The number of hydrogen-bond acceptors (Lipinski definition) is 6. The Balaban J connectivity index is 2.49. The molecule has 6 nitrogen and oxygen atoms in total. The molecular weight excluding hydrogens is 288 g/mol. The second kappa shape index (κ2) is 5.14. The third kappa shape index (κ3) is 1.92. The van der Waals surface area contributed by atoms with Gasteiger partial charge in [0.05, 0.1) is 26.7 Å². The van der Waals surface area contributed by atoms with Gasteiger partial charge >= 0.3 is 0 Å². The van der Waals surface area contributed by atoms with Gasteiger partial charge in [-0.3, -0.25) is 4.79 Å². The molecule has 1 aromatic heterocycles. The van der Waals surface area contributed by atoms with Crippen LogP contribution in [-0.4, -0.2) is 26.4 Å². The maximum Gasteiger partial charge on any atom is 0.204 e. The zero-order valence-electron chi connectivity index (χ0n) is 12.3. The molecule has 0 saturated heterocycles. The molecule has 0 aliphatic heterocycles. The standard InChI is InChI=1S/C16H14O6/c1-19-8-4-5-10-9(6-8)14(17)13-11(22-10)7-12(20-2)16(21-3)15(13)18/h4-7,18H,1-3H3. The third-order valence-corrected chi connectivity index (χ3v) is 3.49. The number of phenols is 1. The van der Waals surface area contributed by atoms with E-state index in [9.17, 15) is 9.90 Å². The quantitative estimate of drug-likeness (QED) is 0.749. The number of fused-ring (bicyclic) bond motifs is 2. The Hall–Kier alpha value is -2.89. The van der Waals surface area contributed by atoms with Crippen molar-refractivity contribution < 1.29 is 23.7 Å². The smallest absolute Gasteiger partial charge is 0.204 e. The largest absolute Gasteiger partial charge is 0.504 e. The first kappa shape index (κ1) is 14.1. The molecule has 0 aliphatic rings. The van der Waals surface area contributed by atoms with Gasteiger partial charge in [-0.15, -0.1) is 0 Å². The summed E-state index contributed by atoms with van der Waals surface area (Å²) in [5, 5.41) is 10.7. The Bertz CT molecular complexity index is 925. The number of benzene rings is 2. The zero-order valence-corrected chi connectivity index (χ0v) is 12.3. The molecule has 3 aromatic rings. The van der Waals surface area contributed by atoms with E-state index >= 15 is 0 Å². The molecule has 0 saturated carbocycles. The summed E-state index contributed by atoms with van der Waals surface area (Å²) in [6.07, 6.45) is 0. The van der Waals surface area contributed by atoms with Crippen LogP contribution < -0.4 is 19.6 Å². The lowest BCUT2D eigenvalue weighted by Crippen LogP contribution is -2.04. The van der Waals surface area contributed by atoms with Crippen molar-refractivity contribution in [1.82, 2.24) is 0 Å². The van der Waals surface area contributed by atoms with E-state index in [0.29, 0.717) is 16.7 Å². The minimum absolute atomic E-state index is 0.0402. The second-order valence-corrected chi connectivity index (χ2v) is 4.63. The molecule has 0 radical (unpaired) electrons. The van der Waals surface area contributed by atoms with Crippen LogP contribution in [0.3, 0.4) is 0 Å². The lowest BCUT2D eigenvalue weighted by Gasteiger charge is -2.11. The SMILES string of the molecule is COc1ccc2oc3cc(OC)c(OC)c(O)c3c(=O)c2c1. The summed E-state index contributed by atoms with van der Waals surface area (Å²) in [5.41, 5.74) is 0.247. The first-order valence-electron chi connectivity index (χ1n) is 6.49. The molecule has 0 spiro atoms. The van der Waals surface area contributed by atoms with E-state index in [1.54, 1.807) is 18.2 Å². The summed E-state index contributed by atoms with van der Waals surface area (Å²) in [6, 6.07) is 6.41. The van der Waals surface area contributed by atoms with E-state index in [1.807, 2.05) is 0 Å². The van der Waals surface area contributed by atoms with Gasteiger partial charge in [-0.05, 0) is 18.2 Å². The molecule has 0 unspecified atom stereocenters. The fourth-order valence-electron chi connectivity index (χ4n) is 2.41. The Morgan fingerprint density at radius 2 is 1.77 bits per heavy atom. The van der Waals surface area contributed by atoms with Crippen LogP contribution in [0, 0.1) is 0 Å². The summed E-state index contributed by atoms with van der Waals surface area (Å²) < 4.78 is 21.1. The predicted molar refractivity (Wildman–Crippen MR) is 81.3 cm³/mol. The van der Waals surface area contributed by atoms with Crippen molar-refractivity contribution in [3.63, 3.8) is 0 Å².